The standard InChI is InChI=1S/C17H13BrCl2N2O3/c1-24-13-4-3-9(14(18)16(13)25-2)7-22-8-21-15-11(17(22)23)5-10(19)6-12(15)20/h3-6,8H,7H2,1-2H3. The summed E-state index contributed by atoms with van der Waals surface area (Å²) in [4.78, 5) is 17.0. The summed E-state index contributed by atoms with van der Waals surface area (Å²) < 4.78 is 12.8. The molecular weight excluding hydrogens is 431 g/mol. The van der Waals surface area contributed by atoms with Gasteiger partial charge >= 0.3 is 0 Å². The average molecular weight is 444 g/mol. The van der Waals surface area contributed by atoms with E-state index in [-0.39, 0.29) is 5.56 Å². The summed E-state index contributed by atoms with van der Waals surface area (Å²) in [5.74, 6) is 1.16. The number of hydrogen-bond acceptors (Lipinski definition) is 4. The van der Waals surface area contributed by atoms with Gasteiger partial charge in [-0.15, -0.1) is 0 Å². The molecule has 0 aliphatic rings. The summed E-state index contributed by atoms with van der Waals surface area (Å²) >= 11 is 15.6. The van der Waals surface area contributed by atoms with Gasteiger partial charge in [-0.2, -0.15) is 0 Å². The zero-order chi connectivity index (χ0) is 18.1. The Bertz CT molecular complexity index is 1020. The third-order valence-corrected chi connectivity index (χ3v) is 5.13. The largest absolute Gasteiger partial charge is 0.493 e. The molecule has 0 unspecified atom stereocenters. The SMILES string of the molecule is COc1ccc(Cn2cnc3c(Cl)cc(Cl)cc3c2=O)c(Br)c1OC. The van der Waals surface area contributed by atoms with Gasteiger partial charge in [0.05, 0.1) is 47.5 Å². The highest BCUT2D eigenvalue weighted by Gasteiger charge is 2.15. The van der Waals surface area contributed by atoms with Gasteiger partial charge in [-0.1, -0.05) is 29.3 Å². The summed E-state index contributed by atoms with van der Waals surface area (Å²) in [6.45, 7) is 0.298. The number of benzene rings is 2. The van der Waals surface area contributed by atoms with Crippen LogP contribution >= 0.6 is 39.1 Å². The van der Waals surface area contributed by atoms with E-state index in [1.165, 1.54) is 10.9 Å². The van der Waals surface area contributed by atoms with E-state index in [1.54, 1.807) is 32.4 Å². The van der Waals surface area contributed by atoms with Crippen molar-refractivity contribution >= 4 is 50.0 Å². The number of nitrogens with zero attached hydrogens (tertiary/aromatic N) is 2. The van der Waals surface area contributed by atoms with Crippen LogP contribution in [0.4, 0.5) is 0 Å². The van der Waals surface area contributed by atoms with Crippen LogP contribution in [-0.4, -0.2) is 23.8 Å². The average Bonchev–Trinajstić information content (AvgIpc) is 2.59. The predicted octanol–water partition coefficient (Wildman–Crippen LogP) is 4.53. The molecule has 0 fully saturated rings. The normalized spacial score (nSPS) is 10.9. The lowest BCUT2D eigenvalue weighted by Gasteiger charge is -2.14. The fraction of sp³-hybridized carbons (Fsp3) is 0.176. The van der Waals surface area contributed by atoms with Crippen LogP contribution in [-0.2, 0) is 6.54 Å². The lowest BCUT2D eigenvalue weighted by molar-refractivity contribution is 0.352. The first kappa shape index (κ1) is 18.0. The van der Waals surface area contributed by atoms with Gasteiger partial charge in [0.25, 0.3) is 5.56 Å². The molecule has 130 valence electrons. The summed E-state index contributed by atoms with van der Waals surface area (Å²) in [5, 5.41) is 1.11. The van der Waals surface area contributed by atoms with E-state index in [2.05, 4.69) is 20.9 Å². The summed E-state index contributed by atoms with van der Waals surface area (Å²) in [6, 6.07) is 6.77. The molecular formula is C17H13BrCl2N2O3. The molecule has 0 amide bonds. The zero-order valence-corrected chi connectivity index (χ0v) is 16.4. The second-order valence-electron chi connectivity index (χ2n) is 5.24. The Kier molecular flexibility index (Phi) is 5.22. The van der Waals surface area contributed by atoms with E-state index in [0.29, 0.717) is 43.5 Å². The predicted molar refractivity (Wildman–Crippen MR) is 102 cm³/mol. The summed E-state index contributed by atoms with van der Waals surface area (Å²) in [6.07, 6.45) is 1.47. The number of rotatable bonds is 4. The molecule has 0 bridgehead atoms. The molecule has 0 spiro atoms. The van der Waals surface area contributed by atoms with Crippen LogP contribution in [0, 0.1) is 0 Å². The molecule has 25 heavy (non-hydrogen) atoms. The van der Waals surface area contributed by atoms with Crippen LogP contribution in [0.3, 0.4) is 0 Å². The van der Waals surface area contributed by atoms with Gasteiger partial charge in [0, 0.05) is 5.02 Å². The van der Waals surface area contributed by atoms with E-state index in [9.17, 15) is 4.79 Å². The van der Waals surface area contributed by atoms with Gasteiger partial charge < -0.3 is 9.47 Å². The zero-order valence-electron chi connectivity index (χ0n) is 13.3. The van der Waals surface area contributed by atoms with E-state index < -0.39 is 0 Å². The van der Waals surface area contributed by atoms with Crippen molar-refractivity contribution in [3.8, 4) is 11.5 Å². The Morgan fingerprint density at radius 2 is 1.96 bits per heavy atom. The van der Waals surface area contributed by atoms with Gasteiger partial charge in [0.2, 0.25) is 0 Å². The summed E-state index contributed by atoms with van der Waals surface area (Å²) in [7, 11) is 3.12. The molecule has 0 N–H and O–H groups in total. The van der Waals surface area contributed by atoms with Crippen molar-refractivity contribution in [2.24, 2.45) is 0 Å². The van der Waals surface area contributed by atoms with Crippen molar-refractivity contribution in [1.82, 2.24) is 9.55 Å². The second-order valence-corrected chi connectivity index (χ2v) is 6.87. The lowest BCUT2D eigenvalue weighted by atomic mass is 10.2. The van der Waals surface area contributed by atoms with Crippen LogP contribution < -0.4 is 15.0 Å². The molecule has 8 heteroatoms. The fourth-order valence-corrected chi connectivity index (χ4v) is 3.70. The number of hydrogen-bond donors (Lipinski definition) is 0. The molecule has 0 saturated carbocycles. The first-order valence-electron chi connectivity index (χ1n) is 7.19. The maximum absolute atomic E-state index is 12.8. The minimum atomic E-state index is -0.226. The third kappa shape index (κ3) is 3.34. The van der Waals surface area contributed by atoms with Crippen molar-refractivity contribution < 1.29 is 9.47 Å². The van der Waals surface area contributed by atoms with Crippen LogP contribution in [0.1, 0.15) is 5.56 Å². The molecule has 0 aliphatic carbocycles. The van der Waals surface area contributed by atoms with Gasteiger partial charge in [0.15, 0.2) is 11.5 Å². The van der Waals surface area contributed by atoms with Crippen molar-refractivity contribution in [3.63, 3.8) is 0 Å². The smallest absolute Gasteiger partial charge is 0.261 e. The van der Waals surface area contributed by atoms with E-state index >= 15 is 0 Å². The van der Waals surface area contributed by atoms with E-state index in [4.69, 9.17) is 32.7 Å². The monoisotopic (exact) mass is 442 g/mol. The number of ether oxygens (including phenoxy) is 2. The van der Waals surface area contributed by atoms with Crippen molar-refractivity contribution in [3.05, 3.63) is 61.0 Å². The number of halogens is 3. The number of fused-ring (bicyclic) bond motifs is 1. The molecule has 1 aromatic heterocycles. The van der Waals surface area contributed by atoms with Crippen LogP contribution in [0.15, 0.2) is 39.9 Å². The Morgan fingerprint density at radius 1 is 1.20 bits per heavy atom. The quantitative estimate of drug-likeness (QED) is 0.594. The molecule has 2 aromatic carbocycles. The van der Waals surface area contributed by atoms with Crippen molar-refractivity contribution in [1.29, 1.82) is 0 Å². The minimum Gasteiger partial charge on any atom is -0.493 e. The highest BCUT2D eigenvalue weighted by molar-refractivity contribution is 9.10. The van der Waals surface area contributed by atoms with Crippen molar-refractivity contribution in [2.75, 3.05) is 14.2 Å². The van der Waals surface area contributed by atoms with E-state index in [1.807, 2.05) is 6.07 Å². The van der Waals surface area contributed by atoms with Gasteiger partial charge in [-0.25, -0.2) is 4.98 Å². The van der Waals surface area contributed by atoms with Gasteiger partial charge in [0.1, 0.15) is 0 Å². The number of methoxy groups -OCH3 is 2. The van der Waals surface area contributed by atoms with Crippen LogP contribution in [0.2, 0.25) is 10.0 Å². The Morgan fingerprint density at radius 3 is 2.64 bits per heavy atom. The maximum atomic E-state index is 12.8. The molecule has 1 heterocycles. The Hall–Kier alpha value is -1.76. The topological polar surface area (TPSA) is 53.4 Å². The lowest BCUT2D eigenvalue weighted by Crippen LogP contribution is -2.21. The van der Waals surface area contributed by atoms with Crippen molar-refractivity contribution in [2.45, 2.75) is 6.54 Å². The Labute approximate surface area is 162 Å². The number of aromatic nitrogens is 2. The highest BCUT2D eigenvalue weighted by atomic mass is 79.9. The molecule has 3 rings (SSSR count). The summed E-state index contributed by atoms with van der Waals surface area (Å²) in [5.41, 5.74) is 1.05. The highest BCUT2D eigenvalue weighted by Crippen LogP contribution is 2.37. The first-order valence-corrected chi connectivity index (χ1v) is 8.74. The van der Waals surface area contributed by atoms with Crippen LogP contribution in [0.5, 0.6) is 11.5 Å². The van der Waals surface area contributed by atoms with Gasteiger partial charge in [-0.05, 0) is 39.7 Å². The molecule has 0 saturated heterocycles. The maximum Gasteiger partial charge on any atom is 0.261 e. The van der Waals surface area contributed by atoms with E-state index in [0.717, 1.165) is 5.56 Å². The molecule has 3 aromatic rings. The molecule has 5 nitrogen and oxygen atoms in total. The molecule has 0 aliphatic heterocycles. The molecule has 0 radical (unpaired) electrons. The minimum absolute atomic E-state index is 0.226. The van der Waals surface area contributed by atoms with Crippen LogP contribution in [0.25, 0.3) is 10.9 Å². The van der Waals surface area contributed by atoms with Gasteiger partial charge in [-0.3, -0.25) is 9.36 Å². The Balaban J connectivity index is 2.10. The first-order chi connectivity index (χ1) is 12.0. The molecule has 0 atom stereocenters. The third-order valence-electron chi connectivity index (χ3n) is 3.75. The fourth-order valence-electron chi connectivity index (χ4n) is 2.54. The second kappa shape index (κ2) is 7.23.